The van der Waals surface area contributed by atoms with Crippen LogP contribution in [0.2, 0.25) is 0 Å². The molecule has 2 heterocycles. The van der Waals surface area contributed by atoms with Crippen LogP contribution in [0.15, 0.2) is 261 Å². The first-order valence-electron chi connectivity index (χ1n) is 24.5. The summed E-state index contributed by atoms with van der Waals surface area (Å²) in [5, 5.41) is 15.3. The Labute approximate surface area is 410 Å². The van der Waals surface area contributed by atoms with Crippen molar-refractivity contribution < 1.29 is 0 Å². The minimum Gasteiger partial charge on any atom is -0.310 e. The molecule has 15 aromatic rings. The van der Waals surface area contributed by atoms with E-state index in [1.54, 1.807) is 0 Å². The third kappa shape index (κ3) is 6.03. The predicted octanol–water partition coefficient (Wildman–Crippen LogP) is 18.7. The molecule has 13 aromatic carbocycles. The van der Waals surface area contributed by atoms with Crippen molar-refractivity contribution in [2.24, 2.45) is 0 Å². The van der Waals surface area contributed by atoms with Crippen LogP contribution in [0, 0.1) is 0 Å². The smallest absolute Gasteiger partial charge is 0.0541 e. The lowest BCUT2D eigenvalue weighted by molar-refractivity contribution is 1.18. The van der Waals surface area contributed by atoms with Crippen molar-refractivity contribution in [1.29, 1.82) is 0 Å². The normalized spacial score (nSPS) is 11.9. The Hall–Kier alpha value is -9.44. The van der Waals surface area contributed by atoms with Gasteiger partial charge in [-0.25, -0.2) is 0 Å². The number of nitrogens with zero attached hydrogens (tertiary/aromatic N) is 3. The van der Waals surface area contributed by atoms with Crippen molar-refractivity contribution in [3.63, 3.8) is 0 Å². The topological polar surface area (TPSA) is 13.1 Å². The molecule has 3 nitrogen and oxygen atoms in total. The Morgan fingerprint density at radius 1 is 0.225 bits per heavy atom. The maximum atomic E-state index is 2.44. The molecule has 330 valence electrons. The van der Waals surface area contributed by atoms with Gasteiger partial charge in [-0.3, -0.25) is 0 Å². The second kappa shape index (κ2) is 15.5. The highest BCUT2D eigenvalue weighted by Crippen LogP contribution is 2.47. The number of fused-ring (bicyclic) bond motifs is 8. The standard InChI is InChI=1S/C68H43N3/c1-5-22-62-53(14-1)54-15-2-6-23-63(54)70(62)51-38-30-46(31-39-51)44-26-34-49(35-27-44)69(66-43-42-60-58-19-10-13-48-12-9-18-57(67(48)58)59-20-11-21-61(66)68(59)60)50-36-28-45(29-37-50)47-32-40-52(41-33-47)71-64-24-7-3-16-55(64)56-17-4-8-25-65(56)71/h1-43H. The van der Waals surface area contributed by atoms with Crippen LogP contribution in [-0.4, -0.2) is 9.13 Å². The molecule has 0 bridgehead atoms. The first-order valence-corrected chi connectivity index (χ1v) is 24.5. The lowest BCUT2D eigenvalue weighted by atomic mass is 9.89. The Morgan fingerprint density at radius 3 is 0.972 bits per heavy atom. The second-order valence-electron chi connectivity index (χ2n) is 18.8. The van der Waals surface area contributed by atoms with Crippen LogP contribution in [-0.2, 0) is 0 Å². The van der Waals surface area contributed by atoms with Crippen molar-refractivity contribution in [2.45, 2.75) is 0 Å². The molecule has 0 aliphatic heterocycles. The van der Waals surface area contributed by atoms with E-state index in [1.807, 2.05) is 0 Å². The van der Waals surface area contributed by atoms with Gasteiger partial charge in [0.1, 0.15) is 0 Å². The average Bonchev–Trinajstić information content (AvgIpc) is 3.96. The molecule has 0 saturated carbocycles. The minimum atomic E-state index is 1.10. The number of aromatic nitrogens is 2. The van der Waals surface area contributed by atoms with E-state index in [0.29, 0.717) is 0 Å². The fourth-order valence-electron chi connectivity index (χ4n) is 11.9. The molecule has 0 radical (unpaired) electrons. The summed E-state index contributed by atoms with van der Waals surface area (Å²) in [4.78, 5) is 2.44. The van der Waals surface area contributed by atoms with Gasteiger partial charge in [-0.15, -0.1) is 0 Å². The van der Waals surface area contributed by atoms with Crippen molar-refractivity contribution >= 4 is 104 Å². The molecule has 0 fully saturated rings. The highest BCUT2D eigenvalue weighted by molar-refractivity contribution is 6.34. The van der Waals surface area contributed by atoms with Crippen LogP contribution < -0.4 is 4.90 Å². The van der Waals surface area contributed by atoms with Crippen LogP contribution in [0.3, 0.4) is 0 Å². The molecule has 15 rings (SSSR count). The van der Waals surface area contributed by atoms with Crippen LogP contribution in [0.5, 0.6) is 0 Å². The van der Waals surface area contributed by atoms with Crippen molar-refractivity contribution in [2.75, 3.05) is 4.90 Å². The highest BCUT2D eigenvalue weighted by atomic mass is 15.1. The van der Waals surface area contributed by atoms with Gasteiger partial charge < -0.3 is 14.0 Å². The molecule has 71 heavy (non-hydrogen) atoms. The molecule has 0 spiro atoms. The zero-order valence-electron chi connectivity index (χ0n) is 38.7. The molecule has 0 saturated heterocycles. The molecule has 0 N–H and O–H groups in total. The summed E-state index contributed by atoms with van der Waals surface area (Å²) in [6.45, 7) is 0. The summed E-state index contributed by atoms with van der Waals surface area (Å²) in [6, 6.07) is 95.9. The molecule has 0 unspecified atom stereocenters. The van der Waals surface area contributed by atoms with Gasteiger partial charge in [-0.1, -0.05) is 182 Å². The molecule has 0 atom stereocenters. The SMILES string of the molecule is c1cc2cccc3c4ccc(N(c5ccc(-c6ccc(-n7c8ccccc8c8ccccc87)cc6)cc5)c5ccc(-c6ccc(-n7c8ccccc8c8ccccc87)cc6)cc5)c5cccc(c(c1)c23)c54. The second-order valence-corrected chi connectivity index (χ2v) is 18.8. The summed E-state index contributed by atoms with van der Waals surface area (Å²) in [7, 11) is 0. The van der Waals surface area contributed by atoms with Crippen molar-refractivity contribution in [1.82, 2.24) is 9.13 Å². The van der Waals surface area contributed by atoms with Gasteiger partial charge in [0.05, 0.1) is 27.8 Å². The summed E-state index contributed by atoms with van der Waals surface area (Å²) < 4.78 is 4.75. The Bertz CT molecular complexity index is 4180. The fraction of sp³-hybridized carbons (Fsp3) is 0. The van der Waals surface area contributed by atoms with E-state index in [1.165, 1.54) is 109 Å². The predicted molar refractivity (Wildman–Crippen MR) is 302 cm³/mol. The number of para-hydroxylation sites is 4. The molecular weight excluding hydrogens is 859 g/mol. The lowest BCUT2D eigenvalue weighted by Gasteiger charge is -2.28. The molecule has 2 aromatic heterocycles. The summed E-state index contributed by atoms with van der Waals surface area (Å²) >= 11 is 0. The van der Waals surface area contributed by atoms with Gasteiger partial charge in [0, 0.05) is 49.7 Å². The van der Waals surface area contributed by atoms with Gasteiger partial charge >= 0.3 is 0 Å². The average molecular weight is 902 g/mol. The maximum Gasteiger partial charge on any atom is 0.0541 e. The van der Waals surface area contributed by atoms with Crippen LogP contribution in [0.25, 0.3) is 120 Å². The van der Waals surface area contributed by atoms with E-state index in [0.717, 1.165) is 28.4 Å². The molecule has 0 aliphatic carbocycles. The Morgan fingerprint density at radius 2 is 0.549 bits per heavy atom. The van der Waals surface area contributed by atoms with E-state index in [9.17, 15) is 0 Å². The van der Waals surface area contributed by atoms with E-state index < -0.39 is 0 Å². The zero-order chi connectivity index (χ0) is 46.6. The lowest BCUT2D eigenvalue weighted by Crippen LogP contribution is -2.10. The quantitative estimate of drug-likeness (QED) is 0.115. The zero-order valence-corrected chi connectivity index (χ0v) is 38.7. The molecule has 0 amide bonds. The molecule has 3 heteroatoms. The Kier molecular flexibility index (Phi) is 8.66. The largest absolute Gasteiger partial charge is 0.310 e. The van der Waals surface area contributed by atoms with Gasteiger partial charge in [0.15, 0.2) is 0 Å². The molecular formula is C68H43N3. The van der Waals surface area contributed by atoms with E-state index in [-0.39, 0.29) is 0 Å². The van der Waals surface area contributed by atoms with Gasteiger partial charge in [0.2, 0.25) is 0 Å². The number of hydrogen-bond acceptors (Lipinski definition) is 1. The number of anilines is 3. The fourth-order valence-corrected chi connectivity index (χ4v) is 11.9. The minimum absolute atomic E-state index is 1.10. The number of hydrogen-bond donors (Lipinski definition) is 0. The summed E-state index contributed by atoms with van der Waals surface area (Å²) in [6.07, 6.45) is 0. The van der Waals surface area contributed by atoms with Crippen LogP contribution >= 0.6 is 0 Å². The summed E-state index contributed by atoms with van der Waals surface area (Å²) in [5.41, 5.74) is 15.2. The third-order valence-corrected chi connectivity index (χ3v) is 15.1. The molecule has 0 aliphatic rings. The Balaban J connectivity index is 0.830. The maximum absolute atomic E-state index is 2.44. The first kappa shape index (κ1) is 39.5. The van der Waals surface area contributed by atoms with E-state index in [4.69, 9.17) is 0 Å². The number of benzene rings is 13. The van der Waals surface area contributed by atoms with Crippen LogP contribution in [0.4, 0.5) is 17.1 Å². The number of rotatable bonds is 7. The van der Waals surface area contributed by atoms with Gasteiger partial charge in [0.25, 0.3) is 0 Å². The third-order valence-electron chi connectivity index (χ3n) is 15.1. The highest BCUT2D eigenvalue weighted by Gasteiger charge is 2.21. The summed E-state index contributed by atoms with van der Waals surface area (Å²) in [5.74, 6) is 0. The van der Waals surface area contributed by atoms with Gasteiger partial charge in [-0.2, -0.15) is 0 Å². The van der Waals surface area contributed by atoms with E-state index in [2.05, 4.69) is 275 Å². The van der Waals surface area contributed by atoms with E-state index >= 15 is 0 Å². The first-order chi connectivity index (χ1) is 35.2. The monoisotopic (exact) mass is 901 g/mol. The van der Waals surface area contributed by atoms with Gasteiger partial charge in [-0.05, 0) is 139 Å². The van der Waals surface area contributed by atoms with Crippen molar-refractivity contribution in [3.05, 3.63) is 261 Å². The van der Waals surface area contributed by atoms with Crippen molar-refractivity contribution in [3.8, 4) is 33.6 Å². The van der Waals surface area contributed by atoms with Crippen LogP contribution in [0.1, 0.15) is 0 Å².